The second-order valence-electron chi connectivity index (χ2n) is 7.33. The summed E-state index contributed by atoms with van der Waals surface area (Å²) in [5.41, 5.74) is 1.33. The van der Waals surface area contributed by atoms with Gasteiger partial charge in [0.1, 0.15) is 4.21 Å². The van der Waals surface area contributed by atoms with Gasteiger partial charge in [0.15, 0.2) is 5.82 Å². The molecule has 0 radical (unpaired) electrons. The van der Waals surface area contributed by atoms with Crippen molar-refractivity contribution in [2.75, 3.05) is 26.2 Å². The molecule has 1 aliphatic heterocycles. The van der Waals surface area contributed by atoms with E-state index in [2.05, 4.69) is 10.1 Å². The molecule has 0 aromatic carbocycles. The Bertz CT molecular complexity index is 1120. The lowest BCUT2D eigenvalue weighted by Gasteiger charge is -2.33. The maximum absolute atomic E-state index is 13.2. The molecule has 1 saturated heterocycles. The Balaban J connectivity index is 1.53. The van der Waals surface area contributed by atoms with Gasteiger partial charge in [-0.15, -0.1) is 11.3 Å². The molecule has 0 aliphatic carbocycles. The summed E-state index contributed by atoms with van der Waals surface area (Å²) in [5, 5.41) is 6.16. The van der Waals surface area contributed by atoms with Crippen LogP contribution in [0.5, 0.6) is 0 Å². The van der Waals surface area contributed by atoms with Crippen molar-refractivity contribution in [2.24, 2.45) is 0 Å². The first kappa shape index (κ1) is 20.7. The fraction of sp³-hybridized carbons (Fsp3) is 0.350. The molecular weight excluding hydrogens is 422 g/mol. The lowest BCUT2D eigenvalue weighted by Crippen LogP contribution is -2.50. The molecule has 0 atom stereocenters. The number of pyridine rings is 1. The van der Waals surface area contributed by atoms with Crippen LogP contribution in [-0.2, 0) is 10.0 Å². The van der Waals surface area contributed by atoms with Gasteiger partial charge >= 0.3 is 0 Å². The number of carbonyl (C=O) groups excluding carboxylic acids is 1. The summed E-state index contributed by atoms with van der Waals surface area (Å²) in [6.45, 7) is 5.26. The van der Waals surface area contributed by atoms with Crippen LogP contribution in [0.2, 0.25) is 0 Å². The van der Waals surface area contributed by atoms with E-state index in [9.17, 15) is 13.2 Å². The largest absolute Gasteiger partial charge is 0.336 e. The molecule has 1 fully saturated rings. The first-order chi connectivity index (χ1) is 14.4. The molecule has 4 heterocycles. The van der Waals surface area contributed by atoms with E-state index in [0.717, 1.165) is 5.69 Å². The van der Waals surface area contributed by atoms with E-state index in [0.29, 0.717) is 28.7 Å². The van der Waals surface area contributed by atoms with Gasteiger partial charge in [0, 0.05) is 32.4 Å². The lowest BCUT2D eigenvalue weighted by atomic mass is 10.0. The zero-order valence-corrected chi connectivity index (χ0v) is 18.4. The van der Waals surface area contributed by atoms with Gasteiger partial charge in [0.05, 0.1) is 17.5 Å². The van der Waals surface area contributed by atoms with E-state index < -0.39 is 10.0 Å². The van der Waals surface area contributed by atoms with Gasteiger partial charge in [0.25, 0.3) is 15.9 Å². The number of rotatable bonds is 5. The monoisotopic (exact) mass is 445 g/mol. The van der Waals surface area contributed by atoms with Crippen molar-refractivity contribution in [3.63, 3.8) is 0 Å². The van der Waals surface area contributed by atoms with Gasteiger partial charge < -0.3 is 4.90 Å². The molecule has 0 N–H and O–H groups in total. The van der Waals surface area contributed by atoms with Gasteiger partial charge in [0.2, 0.25) is 0 Å². The van der Waals surface area contributed by atoms with Gasteiger partial charge in [-0.2, -0.15) is 9.40 Å². The highest BCUT2D eigenvalue weighted by molar-refractivity contribution is 7.91. The molecule has 158 valence electrons. The average Bonchev–Trinajstić information content (AvgIpc) is 3.44. The summed E-state index contributed by atoms with van der Waals surface area (Å²) >= 11 is 1.21. The van der Waals surface area contributed by atoms with Crippen LogP contribution in [0.1, 0.15) is 35.8 Å². The number of hydrogen-bond donors (Lipinski definition) is 0. The van der Waals surface area contributed by atoms with Crippen molar-refractivity contribution < 1.29 is 13.2 Å². The molecule has 0 unspecified atom stereocenters. The number of nitrogens with zero attached hydrogens (tertiary/aromatic N) is 5. The highest BCUT2D eigenvalue weighted by Gasteiger charge is 2.32. The maximum Gasteiger partial charge on any atom is 0.257 e. The van der Waals surface area contributed by atoms with Gasteiger partial charge in [-0.3, -0.25) is 4.79 Å². The maximum atomic E-state index is 13.2. The van der Waals surface area contributed by atoms with Crippen LogP contribution in [0.25, 0.3) is 5.82 Å². The van der Waals surface area contributed by atoms with Crippen molar-refractivity contribution in [2.45, 2.75) is 24.0 Å². The van der Waals surface area contributed by atoms with Crippen LogP contribution in [0.4, 0.5) is 0 Å². The van der Waals surface area contributed by atoms with E-state index in [1.54, 1.807) is 39.5 Å². The Morgan fingerprint density at radius 1 is 1.10 bits per heavy atom. The number of carbonyl (C=O) groups is 1. The average molecular weight is 446 g/mol. The number of sulfonamides is 1. The molecule has 10 heteroatoms. The number of thiophene rings is 1. The van der Waals surface area contributed by atoms with Crippen molar-refractivity contribution in [3.8, 4) is 5.82 Å². The third-order valence-electron chi connectivity index (χ3n) is 5.07. The minimum Gasteiger partial charge on any atom is -0.336 e. The van der Waals surface area contributed by atoms with Crippen molar-refractivity contribution >= 4 is 27.3 Å². The molecule has 4 rings (SSSR count). The highest BCUT2D eigenvalue weighted by Crippen LogP contribution is 2.25. The quantitative estimate of drug-likeness (QED) is 0.602. The zero-order valence-electron chi connectivity index (χ0n) is 16.8. The number of amides is 1. The second-order valence-corrected chi connectivity index (χ2v) is 10.4. The molecule has 1 amide bonds. The summed E-state index contributed by atoms with van der Waals surface area (Å²) in [4.78, 5) is 19.3. The minimum atomic E-state index is -3.50. The standard InChI is InChI=1S/C20H23N5O3S2/c1-15(2)19-16(14-22-25(19)17-6-3-4-8-21-17)20(26)23-9-11-24(12-10-23)30(27,28)18-7-5-13-29-18/h3-8,13-15H,9-12H2,1-2H3. The topological polar surface area (TPSA) is 88.4 Å². The Kier molecular flexibility index (Phi) is 5.72. The number of aromatic nitrogens is 3. The first-order valence-electron chi connectivity index (χ1n) is 9.72. The van der Waals surface area contributed by atoms with E-state index >= 15 is 0 Å². The summed E-state index contributed by atoms with van der Waals surface area (Å²) in [7, 11) is -3.50. The second kappa shape index (κ2) is 8.29. The predicted molar refractivity (Wildman–Crippen MR) is 114 cm³/mol. The third kappa shape index (κ3) is 3.78. The van der Waals surface area contributed by atoms with E-state index in [-0.39, 0.29) is 24.9 Å². The van der Waals surface area contributed by atoms with E-state index in [1.807, 2.05) is 32.0 Å². The van der Waals surface area contributed by atoms with Gasteiger partial charge in [-0.1, -0.05) is 26.0 Å². The van der Waals surface area contributed by atoms with E-state index in [1.165, 1.54) is 15.6 Å². The Morgan fingerprint density at radius 2 is 1.87 bits per heavy atom. The first-order valence-corrected chi connectivity index (χ1v) is 12.0. The predicted octanol–water partition coefficient (Wildman–Crippen LogP) is 2.60. The fourth-order valence-electron chi connectivity index (χ4n) is 3.58. The Labute approximate surface area is 179 Å². The SMILES string of the molecule is CC(C)c1c(C(=O)N2CCN(S(=O)(=O)c3cccs3)CC2)cnn1-c1ccccn1. The highest BCUT2D eigenvalue weighted by atomic mass is 32.2. The third-order valence-corrected chi connectivity index (χ3v) is 8.34. The molecule has 1 aliphatic rings. The fourth-order valence-corrected chi connectivity index (χ4v) is 6.15. The molecule has 0 spiro atoms. The molecular formula is C20H23N5O3S2. The molecule has 3 aromatic heterocycles. The summed E-state index contributed by atoms with van der Waals surface area (Å²) in [6, 6.07) is 8.89. The molecule has 30 heavy (non-hydrogen) atoms. The lowest BCUT2D eigenvalue weighted by molar-refractivity contribution is 0.0696. The Morgan fingerprint density at radius 3 is 2.47 bits per heavy atom. The van der Waals surface area contributed by atoms with Crippen LogP contribution in [0.15, 0.2) is 52.3 Å². The van der Waals surface area contributed by atoms with Crippen LogP contribution >= 0.6 is 11.3 Å². The normalized spacial score (nSPS) is 15.6. The van der Waals surface area contributed by atoms with Crippen LogP contribution in [0, 0.1) is 0 Å². The Hall–Kier alpha value is -2.56. The number of hydrogen-bond acceptors (Lipinski definition) is 6. The van der Waals surface area contributed by atoms with Crippen molar-refractivity contribution in [1.29, 1.82) is 0 Å². The van der Waals surface area contributed by atoms with Crippen molar-refractivity contribution in [1.82, 2.24) is 24.0 Å². The summed E-state index contributed by atoms with van der Waals surface area (Å²) < 4.78 is 28.9. The molecule has 0 bridgehead atoms. The summed E-state index contributed by atoms with van der Waals surface area (Å²) in [5.74, 6) is 0.593. The molecule has 3 aromatic rings. The van der Waals surface area contributed by atoms with Crippen LogP contribution in [-0.4, -0.2) is 64.5 Å². The van der Waals surface area contributed by atoms with Gasteiger partial charge in [-0.05, 0) is 29.5 Å². The smallest absolute Gasteiger partial charge is 0.257 e. The van der Waals surface area contributed by atoms with Crippen LogP contribution < -0.4 is 0 Å². The van der Waals surface area contributed by atoms with E-state index in [4.69, 9.17) is 0 Å². The number of piperazine rings is 1. The summed E-state index contributed by atoms with van der Waals surface area (Å²) in [6.07, 6.45) is 3.27. The minimum absolute atomic E-state index is 0.0638. The van der Waals surface area contributed by atoms with Crippen molar-refractivity contribution in [3.05, 3.63) is 59.4 Å². The molecule has 8 nitrogen and oxygen atoms in total. The van der Waals surface area contributed by atoms with Gasteiger partial charge in [-0.25, -0.2) is 18.1 Å². The van der Waals surface area contributed by atoms with Crippen LogP contribution in [0.3, 0.4) is 0 Å². The zero-order chi connectivity index (χ0) is 21.3. The molecule has 0 saturated carbocycles.